The molecule has 0 unspecified atom stereocenters. The Morgan fingerprint density at radius 2 is 1.93 bits per heavy atom. The molecule has 10 heteroatoms. The molecule has 0 atom stereocenters. The van der Waals surface area contributed by atoms with Crippen molar-refractivity contribution in [3.05, 3.63) is 44.1 Å². The average Bonchev–Trinajstić information content (AvgIpc) is 3.20. The summed E-state index contributed by atoms with van der Waals surface area (Å²) in [6, 6.07) is 1.64. The van der Waals surface area contributed by atoms with Gasteiger partial charge >= 0.3 is 11.7 Å². The number of aromatic amines is 1. The Labute approximate surface area is 167 Å². The van der Waals surface area contributed by atoms with E-state index in [2.05, 4.69) is 15.1 Å². The van der Waals surface area contributed by atoms with Crippen molar-refractivity contribution in [2.45, 2.75) is 59.7 Å². The van der Waals surface area contributed by atoms with Gasteiger partial charge in [-0.2, -0.15) is 5.10 Å². The van der Waals surface area contributed by atoms with Crippen LogP contribution >= 0.6 is 0 Å². The van der Waals surface area contributed by atoms with Crippen LogP contribution in [-0.4, -0.2) is 34.9 Å². The second-order valence-electron chi connectivity index (χ2n) is 6.99. The van der Waals surface area contributed by atoms with Gasteiger partial charge in [0, 0.05) is 20.1 Å². The first-order chi connectivity index (χ1) is 13.9. The second-order valence-corrected chi connectivity index (χ2v) is 6.99. The summed E-state index contributed by atoms with van der Waals surface area (Å²) in [5, 5.41) is 4.14. The largest absolute Gasteiger partial charge is 0.453 e. The maximum Gasteiger partial charge on any atom is 0.357 e. The van der Waals surface area contributed by atoms with Crippen molar-refractivity contribution in [1.82, 2.24) is 28.9 Å². The van der Waals surface area contributed by atoms with E-state index >= 15 is 0 Å². The Hall–Kier alpha value is -3.17. The Morgan fingerprint density at radius 1 is 1.17 bits per heavy atom. The van der Waals surface area contributed by atoms with E-state index < -0.39 is 17.2 Å². The summed E-state index contributed by atoms with van der Waals surface area (Å²) in [6.45, 7) is 6.65. The van der Waals surface area contributed by atoms with Crippen LogP contribution in [0.3, 0.4) is 0 Å². The van der Waals surface area contributed by atoms with Crippen molar-refractivity contribution in [2.24, 2.45) is 7.05 Å². The first-order valence-corrected chi connectivity index (χ1v) is 9.77. The number of ether oxygens (including phenoxy) is 1. The number of carbonyl (C=O) groups is 1. The number of hydrogen-bond acceptors (Lipinski definition) is 6. The summed E-state index contributed by atoms with van der Waals surface area (Å²) in [5.41, 5.74) is 0.722. The molecule has 0 aromatic carbocycles. The highest BCUT2D eigenvalue weighted by molar-refractivity contribution is 5.87. The molecule has 0 saturated carbocycles. The number of aryl methyl sites for hydroxylation is 4. The number of fused-ring (bicyclic) bond motifs is 1. The fourth-order valence-electron chi connectivity index (χ4n) is 3.32. The minimum absolute atomic E-state index is 0.112. The summed E-state index contributed by atoms with van der Waals surface area (Å²) >= 11 is 0. The molecule has 3 aromatic heterocycles. The lowest BCUT2D eigenvalue weighted by molar-refractivity contribution is 0.0445. The summed E-state index contributed by atoms with van der Waals surface area (Å²) in [5.74, 6) is -0.101. The first-order valence-electron chi connectivity index (χ1n) is 9.77. The molecule has 0 radical (unpaired) electrons. The number of H-pyrrole nitrogens is 1. The maximum atomic E-state index is 12.5. The van der Waals surface area contributed by atoms with E-state index in [0.29, 0.717) is 41.5 Å². The topological polar surface area (TPSA) is 117 Å². The first kappa shape index (κ1) is 20.6. The summed E-state index contributed by atoms with van der Waals surface area (Å²) < 4.78 is 10.1. The van der Waals surface area contributed by atoms with Crippen LogP contribution in [0.25, 0.3) is 11.2 Å². The highest BCUT2D eigenvalue weighted by Crippen LogP contribution is 2.15. The molecular weight excluding hydrogens is 376 g/mol. The highest BCUT2D eigenvalue weighted by atomic mass is 16.5. The van der Waals surface area contributed by atoms with E-state index in [9.17, 15) is 14.4 Å². The lowest BCUT2D eigenvalue weighted by Gasteiger charge is -2.08. The van der Waals surface area contributed by atoms with Crippen molar-refractivity contribution in [2.75, 3.05) is 0 Å². The zero-order valence-corrected chi connectivity index (χ0v) is 17.2. The van der Waals surface area contributed by atoms with Crippen molar-refractivity contribution >= 4 is 17.1 Å². The predicted octanol–water partition coefficient (Wildman–Crippen LogP) is 1.50. The van der Waals surface area contributed by atoms with E-state index in [1.54, 1.807) is 24.6 Å². The number of unbranched alkanes of at least 4 members (excludes halogenated alkanes) is 1. The molecule has 3 aromatic rings. The van der Waals surface area contributed by atoms with E-state index in [4.69, 9.17) is 4.74 Å². The second kappa shape index (κ2) is 8.46. The van der Waals surface area contributed by atoms with Gasteiger partial charge in [0.05, 0.1) is 5.69 Å². The van der Waals surface area contributed by atoms with E-state index in [-0.39, 0.29) is 6.61 Å². The van der Waals surface area contributed by atoms with Gasteiger partial charge in [0.15, 0.2) is 11.2 Å². The third-order valence-electron chi connectivity index (χ3n) is 4.69. The van der Waals surface area contributed by atoms with Crippen LogP contribution in [0.1, 0.15) is 55.1 Å². The quantitative estimate of drug-likeness (QED) is 0.571. The Morgan fingerprint density at radius 3 is 2.55 bits per heavy atom. The van der Waals surface area contributed by atoms with Crippen LogP contribution < -0.4 is 11.2 Å². The lowest BCUT2D eigenvalue weighted by Crippen LogP contribution is -2.31. The normalized spacial score (nSPS) is 11.3. The van der Waals surface area contributed by atoms with E-state index in [1.165, 1.54) is 9.25 Å². The SMILES string of the molecule is CCCCn1c(=O)[nH]c(=O)c2c1nc(COC(=O)c1cc(C)nn1C)n2CCC. The molecule has 1 N–H and O–H groups in total. The molecule has 3 rings (SSSR count). The van der Waals surface area contributed by atoms with Gasteiger partial charge in [0.25, 0.3) is 5.56 Å². The number of nitrogens with one attached hydrogen (secondary N) is 1. The van der Waals surface area contributed by atoms with Crippen molar-refractivity contribution < 1.29 is 9.53 Å². The molecule has 0 aliphatic rings. The number of nitrogens with zero attached hydrogens (tertiary/aromatic N) is 5. The summed E-state index contributed by atoms with van der Waals surface area (Å²) in [6.07, 6.45) is 2.43. The number of carbonyl (C=O) groups excluding carboxylic acids is 1. The van der Waals surface area contributed by atoms with Gasteiger partial charge in [-0.25, -0.2) is 14.6 Å². The molecule has 29 heavy (non-hydrogen) atoms. The monoisotopic (exact) mass is 402 g/mol. The number of esters is 1. The molecule has 0 aliphatic heterocycles. The Balaban J connectivity index is 2.00. The molecule has 3 heterocycles. The smallest absolute Gasteiger partial charge is 0.357 e. The molecule has 0 saturated heterocycles. The van der Waals surface area contributed by atoms with E-state index in [1.807, 2.05) is 13.8 Å². The number of imidazole rings is 1. The lowest BCUT2D eigenvalue weighted by atomic mass is 10.3. The van der Waals surface area contributed by atoms with Crippen LogP contribution in [-0.2, 0) is 31.5 Å². The number of rotatable bonds is 8. The van der Waals surface area contributed by atoms with Crippen LogP contribution in [0.2, 0.25) is 0 Å². The third-order valence-corrected chi connectivity index (χ3v) is 4.69. The van der Waals surface area contributed by atoms with Crippen LogP contribution in [0.5, 0.6) is 0 Å². The Kier molecular flexibility index (Phi) is 6.00. The Bertz CT molecular complexity index is 1150. The van der Waals surface area contributed by atoms with Crippen LogP contribution in [0.15, 0.2) is 15.7 Å². The maximum absolute atomic E-state index is 12.5. The molecule has 0 fully saturated rings. The third kappa shape index (κ3) is 4.01. The molecule has 0 bridgehead atoms. The molecule has 10 nitrogen and oxygen atoms in total. The van der Waals surface area contributed by atoms with E-state index in [0.717, 1.165) is 19.3 Å². The van der Waals surface area contributed by atoms with Gasteiger partial charge in [-0.15, -0.1) is 0 Å². The number of aromatic nitrogens is 6. The molecule has 0 aliphatic carbocycles. The summed E-state index contributed by atoms with van der Waals surface area (Å²) in [4.78, 5) is 44.1. The van der Waals surface area contributed by atoms with Crippen molar-refractivity contribution in [3.8, 4) is 0 Å². The zero-order valence-electron chi connectivity index (χ0n) is 17.2. The fraction of sp³-hybridized carbons (Fsp3) is 0.526. The van der Waals surface area contributed by atoms with Crippen LogP contribution in [0.4, 0.5) is 0 Å². The van der Waals surface area contributed by atoms with Crippen molar-refractivity contribution in [3.63, 3.8) is 0 Å². The zero-order chi connectivity index (χ0) is 21.1. The fourth-order valence-corrected chi connectivity index (χ4v) is 3.32. The highest BCUT2D eigenvalue weighted by Gasteiger charge is 2.20. The standard InChI is InChI=1S/C19H26N6O4/c1-5-7-9-25-16-15(17(26)21-19(25)28)24(8-6-2)14(20-16)11-29-18(27)13-10-12(3)22-23(13)4/h10H,5-9,11H2,1-4H3,(H,21,26,28). The van der Waals surface area contributed by atoms with Crippen molar-refractivity contribution in [1.29, 1.82) is 0 Å². The molecule has 0 amide bonds. The minimum atomic E-state index is -0.527. The average molecular weight is 402 g/mol. The van der Waals surface area contributed by atoms with Crippen LogP contribution in [0, 0.1) is 6.92 Å². The van der Waals surface area contributed by atoms with Gasteiger partial charge in [0.1, 0.15) is 18.1 Å². The summed E-state index contributed by atoms with van der Waals surface area (Å²) in [7, 11) is 1.67. The molecule has 0 spiro atoms. The van der Waals surface area contributed by atoms with Gasteiger partial charge < -0.3 is 9.30 Å². The minimum Gasteiger partial charge on any atom is -0.453 e. The van der Waals surface area contributed by atoms with Gasteiger partial charge in [0.2, 0.25) is 0 Å². The molecule has 156 valence electrons. The van der Waals surface area contributed by atoms with Gasteiger partial charge in [-0.3, -0.25) is 19.0 Å². The number of hydrogen-bond donors (Lipinski definition) is 1. The predicted molar refractivity (Wildman–Crippen MR) is 107 cm³/mol. The van der Waals surface area contributed by atoms with Gasteiger partial charge in [-0.05, 0) is 25.8 Å². The molecular formula is C19H26N6O4. The van der Waals surface area contributed by atoms with Gasteiger partial charge in [-0.1, -0.05) is 20.3 Å².